The van der Waals surface area contributed by atoms with Gasteiger partial charge in [0.25, 0.3) is 0 Å². The van der Waals surface area contributed by atoms with Gasteiger partial charge in [-0.25, -0.2) is 4.79 Å². The summed E-state index contributed by atoms with van der Waals surface area (Å²) in [5.74, 6) is 0. The van der Waals surface area contributed by atoms with Gasteiger partial charge in [0.1, 0.15) is 5.60 Å². The number of piperazine rings is 1. The third-order valence-corrected chi connectivity index (χ3v) is 3.82. The third kappa shape index (κ3) is 4.88. The van der Waals surface area contributed by atoms with E-state index in [1.807, 2.05) is 25.7 Å². The summed E-state index contributed by atoms with van der Waals surface area (Å²) in [7, 11) is 0. The van der Waals surface area contributed by atoms with E-state index in [-0.39, 0.29) is 12.1 Å². The number of allylic oxidation sites excluding steroid dienone is 2. The van der Waals surface area contributed by atoms with Crippen molar-refractivity contribution in [3.63, 3.8) is 0 Å². The molecule has 2 aliphatic rings. The highest BCUT2D eigenvalue weighted by molar-refractivity contribution is 5.68. The summed E-state index contributed by atoms with van der Waals surface area (Å²) < 4.78 is 5.48. The molecule has 0 radical (unpaired) electrons. The standard InChI is InChI=1S/C17H28N2O2/c1-14-12-18(13-15-8-6-5-7-9-15)10-11-19(14)16(20)21-17(2,3)4/h6,8-9,14H,5,7,10-13H2,1-4H3. The van der Waals surface area contributed by atoms with Crippen LogP contribution < -0.4 is 0 Å². The van der Waals surface area contributed by atoms with Crippen molar-refractivity contribution < 1.29 is 9.53 Å². The molecule has 0 aromatic heterocycles. The van der Waals surface area contributed by atoms with Gasteiger partial charge in [0.05, 0.1) is 0 Å². The number of carbonyl (C=O) groups excluding carboxylic acids is 1. The summed E-state index contributed by atoms with van der Waals surface area (Å²) in [4.78, 5) is 16.5. The lowest BCUT2D eigenvalue weighted by atomic mass is 10.1. The number of hydrogen-bond donors (Lipinski definition) is 0. The maximum atomic E-state index is 12.2. The lowest BCUT2D eigenvalue weighted by Gasteiger charge is -2.40. The highest BCUT2D eigenvalue weighted by atomic mass is 16.6. The van der Waals surface area contributed by atoms with Crippen LogP contribution in [0.15, 0.2) is 23.8 Å². The van der Waals surface area contributed by atoms with Gasteiger partial charge in [-0.15, -0.1) is 0 Å². The van der Waals surface area contributed by atoms with E-state index in [1.165, 1.54) is 5.57 Å². The van der Waals surface area contributed by atoms with Crippen LogP contribution >= 0.6 is 0 Å². The largest absolute Gasteiger partial charge is 0.444 e. The molecule has 0 aromatic carbocycles. The predicted molar refractivity (Wildman–Crippen MR) is 85.3 cm³/mol. The van der Waals surface area contributed by atoms with Crippen molar-refractivity contribution in [3.8, 4) is 0 Å². The first-order valence-corrected chi connectivity index (χ1v) is 7.93. The molecule has 4 nitrogen and oxygen atoms in total. The van der Waals surface area contributed by atoms with Crippen LogP contribution in [0.2, 0.25) is 0 Å². The number of ether oxygens (including phenoxy) is 1. The van der Waals surface area contributed by atoms with Crippen LogP contribution in [0.25, 0.3) is 0 Å². The molecule has 1 fully saturated rings. The Morgan fingerprint density at radius 1 is 1.33 bits per heavy atom. The van der Waals surface area contributed by atoms with Gasteiger partial charge >= 0.3 is 6.09 Å². The van der Waals surface area contributed by atoms with Crippen LogP contribution in [0.5, 0.6) is 0 Å². The minimum Gasteiger partial charge on any atom is -0.444 e. The maximum absolute atomic E-state index is 12.2. The highest BCUT2D eigenvalue weighted by Gasteiger charge is 2.30. The fraction of sp³-hybridized carbons (Fsp3) is 0.706. The first-order valence-electron chi connectivity index (χ1n) is 7.93. The Bertz CT molecular complexity index is 435. The van der Waals surface area contributed by atoms with E-state index in [0.29, 0.717) is 0 Å². The van der Waals surface area contributed by atoms with E-state index >= 15 is 0 Å². The lowest BCUT2D eigenvalue weighted by molar-refractivity contribution is 0.00260. The fourth-order valence-corrected chi connectivity index (χ4v) is 2.81. The van der Waals surface area contributed by atoms with Gasteiger partial charge in [0, 0.05) is 32.2 Å². The zero-order chi connectivity index (χ0) is 15.5. The Hall–Kier alpha value is -1.29. The molecule has 118 valence electrons. The Kier molecular flexibility index (Phi) is 5.09. The van der Waals surface area contributed by atoms with E-state index in [2.05, 4.69) is 30.1 Å². The molecule has 1 saturated heterocycles. The summed E-state index contributed by atoms with van der Waals surface area (Å²) in [5.41, 5.74) is 0.977. The minimum atomic E-state index is -0.425. The molecule has 1 aliphatic carbocycles. The van der Waals surface area contributed by atoms with Crippen molar-refractivity contribution in [2.75, 3.05) is 26.2 Å². The minimum absolute atomic E-state index is 0.188. The van der Waals surface area contributed by atoms with Crippen molar-refractivity contribution in [2.45, 2.75) is 52.2 Å². The molecular weight excluding hydrogens is 264 g/mol. The molecule has 0 spiro atoms. The Balaban J connectivity index is 1.85. The summed E-state index contributed by atoms with van der Waals surface area (Å²) >= 11 is 0. The number of carbonyl (C=O) groups is 1. The Morgan fingerprint density at radius 2 is 2.10 bits per heavy atom. The smallest absolute Gasteiger partial charge is 0.410 e. The fourth-order valence-electron chi connectivity index (χ4n) is 2.81. The topological polar surface area (TPSA) is 32.8 Å². The highest BCUT2D eigenvalue weighted by Crippen LogP contribution is 2.17. The van der Waals surface area contributed by atoms with Gasteiger partial charge < -0.3 is 9.64 Å². The second-order valence-corrected chi connectivity index (χ2v) is 7.02. The maximum Gasteiger partial charge on any atom is 0.410 e. The summed E-state index contributed by atoms with van der Waals surface area (Å²) in [6, 6.07) is 0.196. The molecule has 1 atom stereocenters. The van der Waals surface area contributed by atoms with Crippen LogP contribution in [0.3, 0.4) is 0 Å². The molecule has 0 N–H and O–H groups in total. The molecule has 2 rings (SSSR count). The van der Waals surface area contributed by atoms with E-state index in [9.17, 15) is 4.79 Å². The van der Waals surface area contributed by atoms with Gasteiger partial charge in [0.15, 0.2) is 0 Å². The molecule has 1 aliphatic heterocycles. The first kappa shape index (κ1) is 16.1. The van der Waals surface area contributed by atoms with Gasteiger partial charge in [-0.3, -0.25) is 4.90 Å². The second kappa shape index (κ2) is 6.65. The first-order chi connectivity index (χ1) is 9.85. The van der Waals surface area contributed by atoms with Crippen LogP contribution in [0, 0.1) is 0 Å². The monoisotopic (exact) mass is 292 g/mol. The molecule has 21 heavy (non-hydrogen) atoms. The second-order valence-electron chi connectivity index (χ2n) is 7.02. The van der Waals surface area contributed by atoms with E-state index in [0.717, 1.165) is 39.0 Å². The lowest BCUT2D eigenvalue weighted by Crippen LogP contribution is -2.55. The third-order valence-electron chi connectivity index (χ3n) is 3.82. The van der Waals surface area contributed by atoms with Crippen LogP contribution in [0.4, 0.5) is 4.79 Å². The van der Waals surface area contributed by atoms with Crippen molar-refractivity contribution in [1.82, 2.24) is 9.80 Å². The normalized spacial score (nSPS) is 23.9. The van der Waals surface area contributed by atoms with Gasteiger partial charge in [-0.1, -0.05) is 18.2 Å². The van der Waals surface area contributed by atoms with Crippen LogP contribution in [-0.4, -0.2) is 53.7 Å². The molecule has 0 aromatic rings. The Labute approximate surface area is 128 Å². The average Bonchev–Trinajstić information content (AvgIpc) is 2.37. The average molecular weight is 292 g/mol. The number of nitrogens with zero attached hydrogens (tertiary/aromatic N) is 2. The SMILES string of the molecule is CC1CN(CC2=CCCC=C2)CCN1C(=O)OC(C)(C)C. The molecule has 1 unspecified atom stereocenters. The zero-order valence-corrected chi connectivity index (χ0v) is 13.8. The van der Waals surface area contributed by atoms with E-state index < -0.39 is 5.60 Å². The predicted octanol–water partition coefficient (Wildman–Crippen LogP) is 3.20. The molecule has 1 amide bonds. The van der Waals surface area contributed by atoms with Crippen molar-refractivity contribution in [2.24, 2.45) is 0 Å². The summed E-state index contributed by atoms with van der Waals surface area (Å²) in [6.45, 7) is 11.4. The molecule has 0 saturated carbocycles. The van der Waals surface area contributed by atoms with Crippen molar-refractivity contribution in [1.29, 1.82) is 0 Å². The Morgan fingerprint density at radius 3 is 2.67 bits per heavy atom. The van der Waals surface area contributed by atoms with E-state index in [1.54, 1.807) is 0 Å². The summed E-state index contributed by atoms with van der Waals surface area (Å²) in [6.07, 6.45) is 8.92. The number of rotatable bonds is 2. The molecule has 1 heterocycles. The van der Waals surface area contributed by atoms with Crippen LogP contribution in [0.1, 0.15) is 40.5 Å². The van der Waals surface area contributed by atoms with E-state index in [4.69, 9.17) is 4.74 Å². The van der Waals surface area contributed by atoms with Crippen LogP contribution in [-0.2, 0) is 4.74 Å². The molecule has 4 heteroatoms. The number of hydrogen-bond acceptors (Lipinski definition) is 3. The molecular formula is C17H28N2O2. The zero-order valence-electron chi connectivity index (χ0n) is 13.8. The van der Waals surface area contributed by atoms with Gasteiger partial charge in [-0.05, 0) is 46.1 Å². The number of amides is 1. The van der Waals surface area contributed by atoms with Crippen molar-refractivity contribution in [3.05, 3.63) is 23.8 Å². The quantitative estimate of drug-likeness (QED) is 0.783. The van der Waals surface area contributed by atoms with Gasteiger partial charge in [0.2, 0.25) is 0 Å². The van der Waals surface area contributed by atoms with Gasteiger partial charge in [-0.2, -0.15) is 0 Å². The van der Waals surface area contributed by atoms with Crippen molar-refractivity contribution >= 4 is 6.09 Å². The molecule has 0 bridgehead atoms. The summed E-state index contributed by atoms with van der Waals surface area (Å²) in [5, 5.41) is 0.